The molecule has 0 atom stereocenters. The quantitative estimate of drug-likeness (QED) is 0.868. The number of rotatable bonds is 5. The summed E-state index contributed by atoms with van der Waals surface area (Å²) in [7, 11) is 3.18. The number of anilines is 1. The molecule has 19 heavy (non-hydrogen) atoms. The van der Waals surface area contributed by atoms with Crippen LogP contribution < -0.4 is 14.8 Å². The topological polar surface area (TPSA) is 30.5 Å². The van der Waals surface area contributed by atoms with Crippen LogP contribution >= 0.6 is 34.5 Å². The molecule has 0 unspecified atom stereocenters. The van der Waals surface area contributed by atoms with E-state index < -0.39 is 0 Å². The molecule has 1 aromatic heterocycles. The maximum absolute atomic E-state index is 6.05. The minimum atomic E-state index is 0.518. The maximum Gasteiger partial charge on any atom is 0.143 e. The Bertz CT molecular complexity index is 572. The summed E-state index contributed by atoms with van der Waals surface area (Å²) in [5.74, 6) is 1.28. The average molecular weight is 318 g/mol. The molecule has 0 radical (unpaired) electrons. The summed E-state index contributed by atoms with van der Waals surface area (Å²) in [5.41, 5.74) is 0.827. The van der Waals surface area contributed by atoms with Gasteiger partial charge in [0.15, 0.2) is 0 Å². The van der Waals surface area contributed by atoms with E-state index in [1.807, 2.05) is 18.2 Å². The number of nitrogens with one attached hydrogen (secondary N) is 1. The van der Waals surface area contributed by atoms with E-state index in [2.05, 4.69) is 5.32 Å². The fraction of sp³-hybridized carbons (Fsp3) is 0.231. The lowest BCUT2D eigenvalue weighted by Crippen LogP contribution is -2.00. The lowest BCUT2D eigenvalue weighted by atomic mass is 10.2. The summed E-state index contributed by atoms with van der Waals surface area (Å²) in [4.78, 5) is 1.14. The SMILES string of the molecule is COc1cc(NCc2ccc(Cl)s2)c(OC)cc1Cl. The predicted molar refractivity (Wildman–Crippen MR) is 81.2 cm³/mol. The summed E-state index contributed by atoms with van der Waals surface area (Å²) in [6.45, 7) is 0.665. The summed E-state index contributed by atoms with van der Waals surface area (Å²) < 4.78 is 11.3. The van der Waals surface area contributed by atoms with Crippen molar-refractivity contribution in [3.05, 3.63) is 38.5 Å². The van der Waals surface area contributed by atoms with Crippen molar-refractivity contribution in [3.8, 4) is 11.5 Å². The van der Waals surface area contributed by atoms with Crippen LogP contribution in [0.15, 0.2) is 24.3 Å². The van der Waals surface area contributed by atoms with Gasteiger partial charge in [-0.25, -0.2) is 0 Å². The molecule has 2 aromatic rings. The van der Waals surface area contributed by atoms with Gasteiger partial charge in [-0.05, 0) is 12.1 Å². The molecule has 0 saturated heterocycles. The molecule has 0 bridgehead atoms. The lowest BCUT2D eigenvalue weighted by molar-refractivity contribution is 0.404. The highest BCUT2D eigenvalue weighted by molar-refractivity contribution is 7.16. The first kappa shape index (κ1) is 14.3. The minimum absolute atomic E-state index is 0.518. The second-order valence-electron chi connectivity index (χ2n) is 3.75. The Morgan fingerprint density at radius 3 is 2.42 bits per heavy atom. The second kappa shape index (κ2) is 6.37. The third-order valence-electron chi connectivity index (χ3n) is 2.56. The molecule has 2 rings (SSSR count). The molecule has 1 heterocycles. The van der Waals surface area contributed by atoms with Crippen LogP contribution in [-0.4, -0.2) is 14.2 Å². The highest BCUT2D eigenvalue weighted by Crippen LogP contribution is 2.36. The highest BCUT2D eigenvalue weighted by Gasteiger charge is 2.10. The van der Waals surface area contributed by atoms with E-state index >= 15 is 0 Å². The van der Waals surface area contributed by atoms with Crippen LogP contribution in [0.1, 0.15) is 4.88 Å². The van der Waals surface area contributed by atoms with E-state index in [1.54, 1.807) is 20.3 Å². The van der Waals surface area contributed by atoms with Gasteiger partial charge in [-0.15, -0.1) is 11.3 Å². The number of halogens is 2. The Kier molecular flexibility index (Phi) is 4.80. The van der Waals surface area contributed by atoms with Gasteiger partial charge in [0, 0.05) is 23.6 Å². The Hall–Kier alpha value is -1.10. The number of hydrogen-bond acceptors (Lipinski definition) is 4. The van der Waals surface area contributed by atoms with Gasteiger partial charge in [0.25, 0.3) is 0 Å². The third-order valence-corrected chi connectivity index (χ3v) is 4.08. The molecule has 0 fully saturated rings. The van der Waals surface area contributed by atoms with Crippen LogP contribution in [-0.2, 0) is 6.54 Å². The van der Waals surface area contributed by atoms with Gasteiger partial charge in [0.05, 0.1) is 29.3 Å². The van der Waals surface area contributed by atoms with Gasteiger partial charge in [-0.2, -0.15) is 0 Å². The minimum Gasteiger partial charge on any atom is -0.495 e. The molecule has 0 saturated carbocycles. The molecule has 0 spiro atoms. The fourth-order valence-corrected chi connectivity index (χ4v) is 2.89. The smallest absolute Gasteiger partial charge is 0.143 e. The normalized spacial score (nSPS) is 10.3. The zero-order valence-corrected chi connectivity index (χ0v) is 12.8. The van der Waals surface area contributed by atoms with Crippen molar-refractivity contribution in [1.82, 2.24) is 0 Å². The van der Waals surface area contributed by atoms with E-state index in [1.165, 1.54) is 11.3 Å². The fourth-order valence-electron chi connectivity index (χ4n) is 1.63. The van der Waals surface area contributed by atoms with Crippen LogP contribution in [0.4, 0.5) is 5.69 Å². The summed E-state index contributed by atoms with van der Waals surface area (Å²) in [6.07, 6.45) is 0. The molecule has 1 aromatic carbocycles. The van der Waals surface area contributed by atoms with Crippen molar-refractivity contribution in [2.45, 2.75) is 6.54 Å². The number of ether oxygens (including phenoxy) is 2. The molecule has 0 amide bonds. The molecule has 0 aliphatic heterocycles. The largest absolute Gasteiger partial charge is 0.495 e. The molecule has 6 heteroatoms. The molecular weight excluding hydrogens is 305 g/mol. The number of hydrogen-bond donors (Lipinski definition) is 1. The van der Waals surface area contributed by atoms with E-state index in [0.717, 1.165) is 14.9 Å². The Morgan fingerprint density at radius 1 is 1.11 bits per heavy atom. The Labute approximate surface area is 126 Å². The van der Waals surface area contributed by atoms with Crippen LogP contribution in [0, 0.1) is 0 Å². The lowest BCUT2D eigenvalue weighted by Gasteiger charge is -2.13. The van der Waals surface area contributed by atoms with Gasteiger partial charge in [0.1, 0.15) is 11.5 Å². The number of thiophene rings is 1. The number of methoxy groups -OCH3 is 2. The first-order valence-corrected chi connectivity index (χ1v) is 7.11. The van der Waals surface area contributed by atoms with Gasteiger partial charge < -0.3 is 14.8 Å². The van der Waals surface area contributed by atoms with Crippen molar-refractivity contribution in [3.63, 3.8) is 0 Å². The first-order chi connectivity index (χ1) is 9.13. The van der Waals surface area contributed by atoms with E-state index in [9.17, 15) is 0 Å². The second-order valence-corrected chi connectivity index (χ2v) is 5.95. The van der Waals surface area contributed by atoms with Crippen molar-refractivity contribution >= 4 is 40.2 Å². The molecule has 1 N–H and O–H groups in total. The zero-order valence-electron chi connectivity index (χ0n) is 10.5. The Balaban J connectivity index is 2.18. The summed E-state index contributed by atoms with van der Waals surface area (Å²) >= 11 is 13.5. The maximum atomic E-state index is 6.05. The molecule has 3 nitrogen and oxygen atoms in total. The van der Waals surface area contributed by atoms with Crippen LogP contribution in [0.5, 0.6) is 11.5 Å². The third kappa shape index (κ3) is 3.47. The monoisotopic (exact) mass is 317 g/mol. The summed E-state index contributed by atoms with van der Waals surface area (Å²) in [6, 6.07) is 7.41. The van der Waals surface area contributed by atoms with Gasteiger partial charge in [-0.1, -0.05) is 23.2 Å². The predicted octanol–water partition coefficient (Wildman–Crippen LogP) is 4.68. The molecule has 0 aliphatic carbocycles. The highest BCUT2D eigenvalue weighted by atomic mass is 35.5. The van der Waals surface area contributed by atoms with Crippen LogP contribution in [0.2, 0.25) is 9.36 Å². The van der Waals surface area contributed by atoms with Crippen molar-refractivity contribution in [1.29, 1.82) is 0 Å². The Morgan fingerprint density at radius 2 is 1.84 bits per heavy atom. The number of benzene rings is 1. The molecule has 102 valence electrons. The van der Waals surface area contributed by atoms with Crippen molar-refractivity contribution in [2.75, 3.05) is 19.5 Å². The van der Waals surface area contributed by atoms with Crippen molar-refractivity contribution in [2.24, 2.45) is 0 Å². The van der Waals surface area contributed by atoms with E-state index in [0.29, 0.717) is 23.1 Å². The van der Waals surface area contributed by atoms with Crippen LogP contribution in [0.3, 0.4) is 0 Å². The van der Waals surface area contributed by atoms with E-state index in [4.69, 9.17) is 32.7 Å². The van der Waals surface area contributed by atoms with E-state index in [-0.39, 0.29) is 0 Å². The molecular formula is C13H13Cl2NO2S. The standard InChI is InChI=1S/C13H13Cl2NO2S/c1-17-11-6-10(12(18-2)5-9(11)14)16-7-8-3-4-13(15)19-8/h3-6,16H,7H2,1-2H3. The van der Waals surface area contributed by atoms with Gasteiger partial charge in [-0.3, -0.25) is 0 Å². The van der Waals surface area contributed by atoms with Crippen LogP contribution in [0.25, 0.3) is 0 Å². The summed E-state index contributed by atoms with van der Waals surface area (Å²) in [5, 5.41) is 3.80. The molecule has 0 aliphatic rings. The zero-order chi connectivity index (χ0) is 13.8. The first-order valence-electron chi connectivity index (χ1n) is 5.53. The average Bonchev–Trinajstić information content (AvgIpc) is 2.82. The van der Waals surface area contributed by atoms with Crippen molar-refractivity contribution < 1.29 is 9.47 Å². The van der Waals surface area contributed by atoms with Gasteiger partial charge in [0.2, 0.25) is 0 Å². The van der Waals surface area contributed by atoms with Gasteiger partial charge >= 0.3 is 0 Å².